The van der Waals surface area contributed by atoms with Gasteiger partial charge in [-0.3, -0.25) is 4.79 Å². The van der Waals surface area contributed by atoms with Crippen molar-refractivity contribution in [2.75, 3.05) is 27.7 Å². The number of nitrogens with zero attached hydrogens (tertiary/aromatic N) is 2. The maximum atomic E-state index is 12.6. The number of rotatable bonds is 9. The highest BCUT2D eigenvalue weighted by Crippen LogP contribution is 2.22. The van der Waals surface area contributed by atoms with Crippen molar-refractivity contribution >= 4 is 15.9 Å². The monoisotopic (exact) mass is 424 g/mol. The number of nitrogens with one attached hydrogen (secondary N) is 2. The molecule has 0 spiro atoms. The van der Waals surface area contributed by atoms with Gasteiger partial charge in [0.2, 0.25) is 15.9 Å². The predicted octanol–water partition coefficient (Wildman–Crippen LogP) is 1.39. The van der Waals surface area contributed by atoms with Gasteiger partial charge in [0.15, 0.2) is 5.76 Å². The van der Waals surface area contributed by atoms with Gasteiger partial charge in [0.05, 0.1) is 19.2 Å². The number of hydrogen-bond acceptors (Lipinski definition) is 7. The molecule has 29 heavy (non-hydrogen) atoms. The number of likely N-dealkylation sites (N-methyl/N-ethyl adjacent to an activating group) is 1. The van der Waals surface area contributed by atoms with Gasteiger partial charge in [0.25, 0.3) is 0 Å². The number of hydrogen-bond donors (Lipinski definition) is 2. The van der Waals surface area contributed by atoms with Crippen molar-refractivity contribution in [3.63, 3.8) is 0 Å². The van der Waals surface area contributed by atoms with E-state index in [2.05, 4.69) is 15.2 Å². The van der Waals surface area contributed by atoms with Gasteiger partial charge in [-0.1, -0.05) is 17.3 Å². The number of carbonyl (C=O) groups is 1. The minimum atomic E-state index is -3.93. The summed E-state index contributed by atoms with van der Waals surface area (Å²) in [6, 6.07) is 6.50. The molecule has 0 aliphatic carbocycles. The summed E-state index contributed by atoms with van der Waals surface area (Å²) in [5, 5.41) is 6.46. The Morgan fingerprint density at radius 3 is 2.55 bits per heavy atom. The number of aryl methyl sites for hydroxylation is 2. The third-order valence-corrected chi connectivity index (χ3v) is 6.32. The highest BCUT2D eigenvalue weighted by Gasteiger charge is 2.28. The largest absolute Gasteiger partial charge is 0.497 e. The first-order valence-electron chi connectivity index (χ1n) is 9.10. The topological polar surface area (TPSA) is 114 Å². The SMILES string of the molecule is COc1cccc(C(CNC(=O)[C@H](C)NS(=O)(=O)c2c(C)noc2C)N(C)C)c1. The summed E-state index contributed by atoms with van der Waals surface area (Å²) in [7, 11) is 1.47. The zero-order valence-corrected chi connectivity index (χ0v) is 18.3. The van der Waals surface area contributed by atoms with E-state index in [1.165, 1.54) is 20.8 Å². The molecule has 10 heteroatoms. The molecule has 0 aliphatic heterocycles. The second kappa shape index (κ2) is 9.38. The van der Waals surface area contributed by atoms with E-state index >= 15 is 0 Å². The molecule has 0 fully saturated rings. The Morgan fingerprint density at radius 2 is 2.00 bits per heavy atom. The molecule has 0 radical (unpaired) electrons. The number of sulfonamides is 1. The lowest BCUT2D eigenvalue weighted by Gasteiger charge is -2.26. The predicted molar refractivity (Wildman–Crippen MR) is 108 cm³/mol. The van der Waals surface area contributed by atoms with Crippen LogP contribution in [0, 0.1) is 13.8 Å². The van der Waals surface area contributed by atoms with E-state index in [9.17, 15) is 13.2 Å². The smallest absolute Gasteiger partial charge is 0.246 e. The molecule has 1 unspecified atom stereocenters. The molecule has 2 aromatic rings. The zero-order chi connectivity index (χ0) is 21.8. The van der Waals surface area contributed by atoms with Crippen LogP contribution in [0.3, 0.4) is 0 Å². The first-order valence-corrected chi connectivity index (χ1v) is 10.6. The molecule has 0 saturated carbocycles. The minimum absolute atomic E-state index is 0.0419. The van der Waals surface area contributed by atoms with Gasteiger partial charge < -0.3 is 19.5 Å². The van der Waals surface area contributed by atoms with Crippen molar-refractivity contribution in [3.8, 4) is 5.75 Å². The van der Waals surface area contributed by atoms with Gasteiger partial charge in [-0.15, -0.1) is 0 Å². The summed E-state index contributed by atoms with van der Waals surface area (Å²) in [6.07, 6.45) is 0. The van der Waals surface area contributed by atoms with E-state index in [1.807, 2.05) is 43.3 Å². The van der Waals surface area contributed by atoms with Crippen LogP contribution in [0.15, 0.2) is 33.7 Å². The number of ether oxygens (including phenoxy) is 1. The van der Waals surface area contributed by atoms with Crippen molar-refractivity contribution < 1.29 is 22.5 Å². The van der Waals surface area contributed by atoms with E-state index in [1.54, 1.807) is 7.11 Å². The summed E-state index contributed by atoms with van der Waals surface area (Å²) in [4.78, 5) is 14.4. The molecular weight excluding hydrogens is 396 g/mol. The highest BCUT2D eigenvalue weighted by atomic mass is 32.2. The number of amides is 1. The zero-order valence-electron chi connectivity index (χ0n) is 17.5. The molecule has 1 heterocycles. The Kier molecular flexibility index (Phi) is 7.39. The molecule has 1 aromatic heterocycles. The molecule has 2 N–H and O–H groups in total. The summed E-state index contributed by atoms with van der Waals surface area (Å²) in [5.41, 5.74) is 1.21. The lowest BCUT2D eigenvalue weighted by Crippen LogP contribution is -2.46. The van der Waals surface area contributed by atoms with Crippen LogP contribution in [0.4, 0.5) is 0 Å². The molecule has 0 bridgehead atoms. The molecule has 160 valence electrons. The highest BCUT2D eigenvalue weighted by molar-refractivity contribution is 7.89. The molecule has 0 aliphatic rings. The van der Waals surface area contributed by atoms with Crippen LogP contribution in [0.25, 0.3) is 0 Å². The van der Waals surface area contributed by atoms with E-state index in [0.717, 1.165) is 11.3 Å². The quantitative estimate of drug-likeness (QED) is 0.625. The van der Waals surface area contributed by atoms with Crippen LogP contribution in [0.5, 0.6) is 5.75 Å². The molecule has 9 nitrogen and oxygen atoms in total. The second-order valence-electron chi connectivity index (χ2n) is 7.00. The van der Waals surface area contributed by atoms with Crippen LogP contribution in [0.1, 0.15) is 30.0 Å². The number of benzene rings is 1. The van der Waals surface area contributed by atoms with Crippen molar-refractivity contribution in [1.29, 1.82) is 0 Å². The van der Waals surface area contributed by atoms with Crippen molar-refractivity contribution in [3.05, 3.63) is 41.3 Å². The molecule has 1 amide bonds. The lowest BCUT2D eigenvalue weighted by atomic mass is 10.1. The Bertz CT molecular complexity index is 936. The summed E-state index contributed by atoms with van der Waals surface area (Å²) in [6.45, 7) is 4.83. The van der Waals surface area contributed by atoms with E-state index in [0.29, 0.717) is 6.54 Å². The Morgan fingerprint density at radius 1 is 1.31 bits per heavy atom. The van der Waals surface area contributed by atoms with Crippen molar-refractivity contribution in [1.82, 2.24) is 20.1 Å². The summed E-state index contributed by atoms with van der Waals surface area (Å²) >= 11 is 0. The normalized spacial score (nSPS) is 13.9. The standard InChI is InChI=1S/C19H28N4O5S/c1-12-18(14(3)28-21-12)29(25,26)22-13(2)19(24)20-11-17(23(4)5)15-8-7-9-16(10-15)27-6/h7-10,13,17,22H,11H2,1-6H3,(H,20,24)/t13-,17?/m0/s1. The molecule has 2 rings (SSSR count). The van der Waals surface area contributed by atoms with E-state index in [-0.39, 0.29) is 22.4 Å². The third-order valence-electron chi connectivity index (χ3n) is 4.53. The van der Waals surface area contributed by atoms with Crippen LogP contribution < -0.4 is 14.8 Å². The van der Waals surface area contributed by atoms with E-state index in [4.69, 9.17) is 9.26 Å². The van der Waals surface area contributed by atoms with Crippen LogP contribution in [-0.4, -0.2) is 58.2 Å². The Hall–Kier alpha value is -2.43. The van der Waals surface area contributed by atoms with E-state index < -0.39 is 22.0 Å². The molecule has 1 aromatic carbocycles. The van der Waals surface area contributed by atoms with Gasteiger partial charge in [-0.2, -0.15) is 4.72 Å². The van der Waals surface area contributed by atoms with Crippen LogP contribution in [0.2, 0.25) is 0 Å². The van der Waals surface area contributed by atoms with Crippen LogP contribution >= 0.6 is 0 Å². The van der Waals surface area contributed by atoms with Crippen molar-refractivity contribution in [2.24, 2.45) is 0 Å². The fourth-order valence-corrected chi connectivity index (χ4v) is 4.53. The molecular formula is C19H28N4O5S. The maximum absolute atomic E-state index is 12.6. The summed E-state index contributed by atoms with van der Waals surface area (Å²) < 4.78 is 37.7. The molecule has 2 atom stereocenters. The van der Waals surface area contributed by atoms with Gasteiger partial charge in [-0.25, -0.2) is 8.42 Å². The number of carbonyl (C=O) groups excluding carboxylic acids is 1. The number of methoxy groups -OCH3 is 1. The van der Waals surface area contributed by atoms with Crippen LogP contribution in [-0.2, 0) is 14.8 Å². The van der Waals surface area contributed by atoms with Gasteiger partial charge >= 0.3 is 0 Å². The first-order chi connectivity index (χ1) is 13.6. The van der Waals surface area contributed by atoms with Gasteiger partial charge in [-0.05, 0) is 52.6 Å². The van der Waals surface area contributed by atoms with Gasteiger partial charge in [0.1, 0.15) is 16.3 Å². The maximum Gasteiger partial charge on any atom is 0.246 e. The summed E-state index contributed by atoms with van der Waals surface area (Å²) in [5.74, 6) is 0.463. The fourth-order valence-electron chi connectivity index (χ4n) is 3.00. The Labute approximate surface area is 171 Å². The number of aromatic nitrogens is 1. The average molecular weight is 425 g/mol. The van der Waals surface area contributed by atoms with Gasteiger partial charge in [0, 0.05) is 6.54 Å². The van der Waals surface area contributed by atoms with Crippen molar-refractivity contribution in [2.45, 2.75) is 37.8 Å². The first kappa shape index (κ1) is 22.9. The Balaban J connectivity index is 2.06. The average Bonchev–Trinajstić information content (AvgIpc) is 3.00. The molecule has 0 saturated heterocycles. The lowest BCUT2D eigenvalue weighted by molar-refractivity contribution is -0.122. The fraction of sp³-hybridized carbons (Fsp3) is 0.474. The minimum Gasteiger partial charge on any atom is -0.497 e. The third kappa shape index (κ3) is 5.55. The second-order valence-corrected chi connectivity index (χ2v) is 8.65.